The molecule has 30 heteroatoms. The fourth-order valence-corrected chi connectivity index (χ4v) is 5.45. The Morgan fingerprint density at radius 1 is 0.470 bits per heavy atom. The summed E-state index contributed by atoms with van der Waals surface area (Å²) >= 11 is 0. The number of hydrogen-bond acceptors (Lipinski definition) is 26. The van der Waals surface area contributed by atoms with Crippen molar-refractivity contribution >= 4 is 34.7 Å². The fourth-order valence-electron chi connectivity index (χ4n) is 5.45. The number of nitro benzene ring substituents is 4. The average molecular weight is 915 g/mol. The quantitative estimate of drug-likeness (QED) is 0.0732. The molecule has 0 atom stereocenters. The van der Waals surface area contributed by atoms with Gasteiger partial charge in [-0.15, -0.1) is 29.9 Å². The zero-order valence-corrected chi connectivity index (χ0v) is 33.4. The van der Waals surface area contributed by atoms with Crippen LogP contribution in [0.15, 0.2) is 60.7 Å². The lowest BCUT2D eigenvalue weighted by Crippen LogP contribution is -2.08. The van der Waals surface area contributed by atoms with E-state index in [1.807, 2.05) is 0 Å². The summed E-state index contributed by atoms with van der Waals surface area (Å²) in [6.07, 6.45) is 0. The van der Waals surface area contributed by atoms with Gasteiger partial charge in [0.15, 0.2) is 23.0 Å². The molecule has 0 unspecified atom stereocenters. The Labute approximate surface area is 363 Å². The van der Waals surface area contributed by atoms with Crippen molar-refractivity contribution in [3.8, 4) is 82.1 Å². The Balaban J connectivity index is 1.51. The van der Waals surface area contributed by atoms with E-state index in [0.29, 0.717) is 12.1 Å². The first-order valence-electron chi connectivity index (χ1n) is 17.6. The van der Waals surface area contributed by atoms with E-state index in [0.717, 1.165) is 77.0 Å². The Morgan fingerprint density at radius 2 is 0.788 bits per heavy atom. The van der Waals surface area contributed by atoms with Crippen molar-refractivity contribution < 1.29 is 76.7 Å². The van der Waals surface area contributed by atoms with Crippen LogP contribution >= 0.6 is 0 Å². The van der Waals surface area contributed by atoms with Crippen molar-refractivity contribution in [3.05, 3.63) is 112 Å². The van der Waals surface area contributed by atoms with Crippen molar-refractivity contribution in [2.24, 2.45) is 0 Å². The summed E-state index contributed by atoms with van der Waals surface area (Å²) < 4.78 is 56.1. The maximum Gasteiger partial charge on any atom is 0.338 e. The third-order valence-electron chi connectivity index (χ3n) is 8.33. The lowest BCUT2D eigenvalue weighted by atomic mass is 10.1. The number of ether oxygens (including phenoxy) is 10. The summed E-state index contributed by atoms with van der Waals surface area (Å²) in [4.78, 5) is 94.0. The van der Waals surface area contributed by atoms with E-state index in [9.17, 15) is 50.0 Å². The van der Waals surface area contributed by atoms with Crippen LogP contribution in [0.25, 0.3) is 0 Å². The van der Waals surface area contributed by atoms with E-state index in [4.69, 9.17) is 47.4 Å². The molecule has 0 aliphatic carbocycles. The number of esters is 2. The van der Waals surface area contributed by atoms with Crippen LogP contribution in [0.5, 0.6) is 82.1 Å². The van der Waals surface area contributed by atoms with E-state index in [2.05, 4.69) is 29.9 Å². The molecule has 0 N–H and O–H groups in total. The number of benzene rings is 4. The van der Waals surface area contributed by atoms with Gasteiger partial charge in [0.2, 0.25) is 23.0 Å². The molecule has 3 heterocycles. The lowest BCUT2D eigenvalue weighted by Gasteiger charge is -2.19. The second kappa shape index (κ2) is 18.1. The highest BCUT2D eigenvalue weighted by Gasteiger charge is 2.31. The summed E-state index contributed by atoms with van der Waals surface area (Å²) in [7, 11) is 4.29. The zero-order chi connectivity index (χ0) is 47.4. The Kier molecular flexibility index (Phi) is 12.0. The molecule has 8 bridgehead atoms. The van der Waals surface area contributed by atoms with Gasteiger partial charge in [0, 0.05) is 12.1 Å². The summed E-state index contributed by atoms with van der Waals surface area (Å²) in [5.41, 5.74) is -3.86. The molecule has 2 aromatic heterocycles. The number of nitro groups is 4. The standard InChI is InChI=1S/C36H22N10O20/c1-57-29(47)15-9-23-27(61-21-7-5-17(43(49)50)13-19(21)45(53)54)24(10-15)64-34-38-32(60-4)40-36(42-34)66-26-12-16(30(48)58-2)11-25(65-35-39-31(59-3)37-33(41-35)63-23)28(26)62-22-8-6-18(44(51)52)14-20(22)46(55)56/h5-14H,1-4H3. The topological polar surface area (TPSA) is 376 Å². The van der Waals surface area contributed by atoms with Crippen molar-refractivity contribution in [1.29, 1.82) is 0 Å². The maximum absolute atomic E-state index is 13.0. The van der Waals surface area contributed by atoms with Crippen molar-refractivity contribution in [3.63, 3.8) is 0 Å². The number of carbonyl (C=O) groups excluding carboxylic acids is 2. The van der Waals surface area contributed by atoms with Gasteiger partial charge < -0.3 is 47.4 Å². The number of fused-ring (bicyclic) bond motifs is 8. The van der Waals surface area contributed by atoms with Crippen LogP contribution in [-0.4, -0.2) is 90.0 Å². The number of nitrogens with zero attached hydrogens (tertiary/aromatic N) is 10. The highest BCUT2D eigenvalue weighted by Crippen LogP contribution is 2.49. The third kappa shape index (κ3) is 9.20. The van der Waals surface area contributed by atoms with E-state index < -0.39 is 136 Å². The molecule has 4 aromatic carbocycles. The minimum Gasteiger partial charge on any atom is -0.467 e. The van der Waals surface area contributed by atoms with E-state index in [-0.39, 0.29) is 11.1 Å². The molecule has 0 radical (unpaired) electrons. The smallest absolute Gasteiger partial charge is 0.338 e. The number of carbonyl (C=O) groups is 2. The van der Waals surface area contributed by atoms with Gasteiger partial charge in [-0.3, -0.25) is 40.5 Å². The first kappa shape index (κ1) is 43.9. The monoisotopic (exact) mass is 914 g/mol. The Hall–Kier alpha value is -10.2. The van der Waals surface area contributed by atoms with E-state index in [1.54, 1.807) is 0 Å². The molecule has 0 spiro atoms. The average Bonchev–Trinajstić information content (AvgIpc) is 3.29. The number of non-ortho nitro benzene ring substituents is 2. The predicted octanol–water partition coefficient (Wildman–Crippen LogP) is 6.35. The van der Waals surface area contributed by atoms with Gasteiger partial charge in [-0.05, 0) is 36.4 Å². The Morgan fingerprint density at radius 3 is 1.05 bits per heavy atom. The van der Waals surface area contributed by atoms with Crippen molar-refractivity contribution in [2.75, 3.05) is 28.4 Å². The van der Waals surface area contributed by atoms with Crippen LogP contribution in [0.2, 0.25) is 0 Å². The molecule has 66 heavy (non-hydrogen) atoms. The highest BCUT2D eigenvalue weighted by atomic mass is 16.7. The first-order chi connectivity index (χ1) is 31.6. The third-order valence-corrected chi connectivity index (χ3v) is 8.33. The highest BCUT2D eigenvalue weighted by molar-refractivity contribution is 5.92. The second-order valence-corrected chi connectivity index (χ2v) is 12.3. The molecule has 7 rings (SSSR count). The number of aromatic nitrogens is 6. The molecule has 1 aliphatic rings. The zero-order valence-electron chi connectivity index (χ0n) is 33.4. The predicted molar refractivity (Wildman–Crippen MR) is 208 cm³/mol. The molecular weight excluding hydrogens is 892 g/mol. The maximum atomic E-state index is 13.0. The van der Waals surface area contributed by atoms with Gasteiger partial charge in [0.25, 0.3) is 11.4 Å². The molecule has 30 nitrogen and oxygen atoms in total. The fraction of sp³-hybridized carbons (Fsp3) is 0.111. The van der Waals surface area contributed by atoms with Crippen LogP contribution in [0.3, 0.4) is 0 Å². The van der Waals surface area contributed by atoms with Gasteiger partial charge in [-0.2, -0.15) is 0 Å². The largest absolute Gasteiger partial charge is 0.467 e. The molecule has 1 aliphatic heterocycles. The SMILES string of the molecule is COC(=O)c1cc2c(Oc3ccc([N+](=O)[O-])cc3[N+](=O)[O-])c(c1)Oc1nc(OC)nc(n1)Oc1cc(C(=O)OC)cc(c1Oc1ccc([N+](=O)[O-])cc1[N+](=O)[O-])Oc1nc(OC)nc(n1)O2. The number of methoxy groups -OCH3 is 4. The van der Waals surface area contributed by atoms with Crippen LogP contribution in [0, 0.1) is 40.5 Å². The first-order valence-corrected chi connectivity index (χ1v) is 17.6. The van der Waals surface area contributed by atoms with E-state index >= 15 is 0 Å². The van der Waals surface area contributed by atoms with Gasteiger partial charge in [-0.1, -0.05) is 0 Å². The second-order valence-electron chi connectivity index (χ2n) is 12.3. The number of hydrogen-bond donors (Lipinski definition) is 0. The van der Waals surface area contributed by atoms with Crippen LogP contribution in [0.4, 0.5) is 22.7 Å². The van der Waals surface area contributed by atoms with Crippen LogP contribution in [-0.2, 0) is 9.47 Å². The molecule has 336 valence electrons. The molecule has 0 amide bonds. The minimum absolute atomic E-state index is 0.336. The summed E-state index contributed by atoms with van der Waals surface area (Å²) in [6, 6.07) is 4.64. The van der Waals surface area contributed by atoms with Gasteiger partial charge in [0.05, 0.1) is 71.4 Å². The van der Waals surface area contributed by atoms with Gasteiger partial charge in [-0.25, -0.2) is 9.59 Å². The molecule has 0 fully saturated rings. The van der Waals surface area contributed by atoms with Gasteiger partial charge in [0.1, 0.15) is 0 Å². The Bertz CT molecular complexity index is 2730. The molecule has 0 saturated heterocycles. The summed E-state index contributed by atoms with van der Waals surface area (Å²) in [5, 5.41) is 47.4. The summed E-state index contributed by atoms with van der Waals surface area (Å²) in [5.74, 6) is -6.88. The molecule has 0 saturated carbocycles. The van der Waals surface area contributed by atoms with Crippen LogP contribution < -0.4 is 37.9 Å². The normalized spacial score (nSPS) is 11.2. The summed E-state index contributed by atoms with van der Waals surface area (Å²) in [6.45, 7) is 0. The van der Waals surface area contributed by atoms with Crippen LogP contribution in [0.1, 0.15) is 20.7 Å². The van der Waals surface area contributed by atoms with E-state index in [1.165, 1.54) is 0 Å². The van der Waals surface area contributed by atoms with Gasteiger partial charge >= 0.3 is 59.4 Å². The molecule has 6 aromatic rings. The lowest BCUT2D eigenvalue weighted by molar-refractivity contribution is -0.394. The van der Waals surface area contributed by atoms with Crippen molar-refractivity contribution in [1.82, 2.24) is 29.9 Å². The van der Waals surface area contributed by atoms with Crippen molar-refractivity contribution in [2.45, 2.75) is 0 Å². The minimum atomic E-state index is -1.01. The molecular formula is C36H22N10O20. The number of rotatable bonds is 12.